The van der Waals surface area contributed by atoms with E-state index in [1.54, 1.807) is 19.2 Å². The minimum absolute atomic E-state index is 0.282. The fourth-order valence-electron chi connectivity index (χ4n) is 1.54. The zero-order chi connectivity index (χ0) is 26.4. The van der Waals surface area contributed by atoms with Crippen LogP contribution in [0, 0.1) is 26.6 Å². The molecular weight excluding hydrogens is 454 g/mol. The third-order valence-corrected chi connectivity index (χ3v) is 3.21. The topological polar surface area (TPSA) is 38.7 Å². The first-order valence-electron chi connectivity index (χ1n) is 10.7. The second-order valence-corrected chi connectivity index (χ2v) is 5.86. The molecule has 33 heavy (non-hydrogen) atoms. The number of halogens is 5. The number of nitrogens with zero attached hydrogens (tertiary/aromatic N) is 3. The summed E-state index contributed by atoms with van der Waals surface area (Å²) < 4.78 is 47.7. The Hall–Kier alpha value is -2.54. The van der Waals surface area contributed by atoms with Gasteiger partial charge in [0, 0.05) is 29.5 Å². The highest BCUT2D eigenvalue weighted by Crippen LogP contribution is 2.28. The van der Waals surface area contributed by atoms with E-state index < -0.39 is 11.7 Å². The van der Waals surface area contributed by atoms with Crippen LogP contribution in [0.3, 0.4) is 0 Å². The third kappa shape index (κ3) is 19.8. The van der Waals surface area contributed by atoms with Crippen molar-refractivity contribution in [1.29, 1.82) is 0 Å². The highest BCUT2D eigenvalue weighted by Gasteiger charge is 2.30. The Labute approximate surface area is 201 Å². The monoisotopic (exact) mass is 489 g/mol. The number of rotatable bonds is 0. The molecule has 3 aromatic rings. The predicted molar refractivity (Wildman–Crippen MR) is 131 cm³/mol. The van der Waals surface area contributed by atoms with Gasteiger partial charge in [0.05, 0.1) is 16.8 Å². The van der Waals surface area contributed by atoms with Gasteiger partial charge in [-0.15, -0.1) is 0 Å². The fourth-order valence-corrected chi connectivity index (χ4v) is 1.65. The lowest BCUT2D eigenvalue weighted by Crippen LogP contribution is -2.05. The summed E-state index contributed by atoms with van der Waals surface area (Å²) in [6, 6.07) is 9.08. The van der Waals surface area contributed by atoms with E-state index in [-0.39, 0.29) is 5.82 Å². The van der Waals surface area contributed by atoms with Crippen LogP contribution in [0.1, 0.15) is 64.2 Å². The number of hydrogen-bond donors (Lipinski definition) is 0. The van der Waals surface area contributed by atoms with Crippen LogP contribution >= 0.6 is 11.6 Å². The van der Waals surface area contributed by atoms with Crippen molar-refractivity contribution in [3.05, 3.63) is 88.5 Å². The summed E-state index contributed by atoms with van der Waals surface area (Å²) in [5, 5.41) is 0.690. The van der Waals surface area contributed by atoms with Gasteiger partial charge in [-0.1, -0.05) is 53.1 Å². The predicted octanol–water partition coefficient (Wildman–Crippen LogP) is 9.06. The summed E-state index contributed by atoms with van der Waals surface area (Å²) in [4.78, 5) is 11.2. The number of aryl methyl sites for hydroxylation is 3. The fraction of sp³-hybridized carbons (Fsp3) is 0.400. The van der Waals surface area contributed by atoms with Gasteiger partial charge in [0.15, 0.2) is 0 Å². The Balaban J connectivity index is -0.000000371. The first-order chi connectivity index (χ1) is 15.6. The van der Waals surface area contributed by atoms with E-state index in [1.165, 1.54) is 18.3 Å². The quantitative estimate of drug-likeness (QED) is 0.295. The minimum Gasteiger partial charge on any atom is -0.261 e. The standard InChI is InChI=1S/C7H6F3N.C6H6ClN.C6H6FN.3C2H6/c1-5-2-3-6(4-11-5)7(8,9)10;2*1-5-2-3-6(7)4-8-5;3*1-2/h2-4H,1H3;2*2-4H,1H3;3*1-2H3. The molecule has 3 nitrogen and oxygen atoms in total. The van der Waals surface area contributed by atoms with E-state index in [0.29, 0.717) is 10.7 Å². The summed E-state index contributed by atoms with van der Waals surface area (Å²) in [7, 11) is 0. The lowest BCUT2D eigenvalue weighted by molar-refractivity contribution is -0.137. The summed E-state index contributed by atoms with van der Waals surface area (Å²) in [5.74, 6) is -0.282. The molecule has 0 aliphatic carbocycles. The molecule has 0 radical (unpaired) electrons. The highest BCUT2D eigenvalue weighted by molar-refractivity contribution is 6.30. The third-order valence-electron chi connectivity index (χ3n) is 2.99. The molecule has 3 heterocycles. The Morgan fingerprint density at radius 3 is 1.24 bits per heavy atom. The van der Waals surface area contributed by atoms with Crippen LogP contribution in [-0.2, 0) is 6.18 Å². The number of alkyl halides is 3. The normalized spacial score (nSPS) is 8.91. The molecule has 8 heteroatoms. The van der Waals surface area contributed by atoms with Crippen LogP contribution in [0.15, 0.2) is 55.0 Å². The second-order valence-electron chi connectivity index (χ2n) is 5.42. The molecule has 0 amide bonds. The van der Waals surface area contributed by atoms with E-state index in [9.17, 15) is 17.6 Å². The molecular formula is C25H36ClF4N3. The van der Waals surface area contributed by atoms with Gasteiger partial charge >= 0.3 is 6.18 Å². The molecule has 0 aromatic carbocycles. The van der Waals surface area contributed by atoms with E-state index >= 15 is 0 Å². The van der Waals surface area contributed by atoms with Crippen molar-refractivity contribution in [2.45, 2.75) is 68.5 Å². The number of aromatic nitrogens is 3. The van der Waals surface area contributed by atoms with Gasteiger partial charge in [0.1, 0.15) is 5.82 Å². The molecule has 0 saturated heterocycles. The summed E-state index contributed by atoms with van der Waals surface area (Å²) in [6.45, 7) is 17.4. The van der Waals surface area contributed by atoms with Crippen LogP contribution in [0.25, 0.3) is 0 Å². The van der Waals surface area contributed by atoms with Crippen molar-refractivity contribution in [1.82, 2.24) is 15.0 Å². The van der Waals surface area contributed by atoms with Gasteiger partial charge in [-0.05, 0) is 57.2 Å². The minimum atomic E-state index is -4.28. The van der Waals surface area contributed by atoms with Gasteiger partial charge in [0.2, 0.25) is 0 Å². The van der Waals surface area contributed by atoms with E-state index in [0.717, 1.165) is 23.7 Å². The van der Waals surface area contributed by atoms with Gasteiger partial charge in [0.25, 0.3) is 0 Å². The smallest absolute Gasteiger partial charge is 0.261 e. The Kier molecular flexibility index (Phi) is 22.6. The highest BCUT2D eigenvalue weighted by atomic mass is 35.5. The van der Waals surface area contributed by atoms with Crippen molar-refractivity contribution in [2.24, 2.45) is 0 Å². The van der Waals surface area contributed by atoms with Crippen molar-refractivity contribution in [3.63, 3.8) is 0 Å². The molecule has 0 fully saturated rings. The zero-order valence-electron chi connectivity index (χ0n) is 20.9. The SMILES string of the molecule is CC.CC.CC.Cc1ccc(C(F)(F)F)cn1.Cc1ccc(Cl)cn1.Cc1ccc(F)cn1. The maximum Gasteiger partial charge on any atom is 0.417 e. The van der Waals surface area contributed by atoms with E-state index in [4.69, 9.17) is 11.6 Å². The van der Waals surface area contributed by atoms with Gasteiger partial charge in [-0.2, -0.15) is 13.2 Å². The Morgan fingerprint density at radius 1 is 0.606 bits per heavy atom. The zero-order valence-corrected chi connectivity index (χ0v) is 21.7. The molecule has 0 N–H and O–H groups in total. The van der Waals surface area contributed by atoms with Gasteiger partial charge in [-0.3, -0.25) is 15.0 Å². The summed E-state index contributed by atoms with van der Waals surface area (Å²) in [5.41, 5.74) is 1.71. The molecule has 0 spiro atoms. The molecule has 0 bridgehead atoms. The Morgan fingerprint density at radius 2 is 1.00 bits per heavy atom. The summed E-state index contributed by atoms with van der Waals surface area (Å²) in [6.07, 6.45) is -0.609. The molecule has 0 atom stereocenters. The molecule has 0 aliphatic heterocycles. The van der Waals surface area contributed by atoms with Crippen molar-refractivity contribution in [2.75, 3.05) is 0 Å². The maximum absolute atomic E-state index is 12.0. The van der Waals surface area contributed by atoms with Crippen LogP contribution < -0.4 is 0 Å². The molecule has 3 rings (SSSR count). The molecule has 3 aromatic heterocycles. The van der Waals surface area contributed by atoms with Gasteiger partial charge in [-0.25, -0.2) is 4.39 Å². The van der Waals surface area contributed by atoms with Crippen LogP contribution in [0.5, 0.6) is 0 Å². The van der Waals surface area contributed by atoms with Crippen molar-refractivity contribution < 1.29 is 17.6 Å². The lowest BCUT2D eigenvalue weighted by atomic mass is 10.2. The van der Waals surface area contributed by atoms with E-state index in [2.05, 4.69) is 15.0 Å². The average Bonchev–Trinajstić information content (AvgIpc) is 2.82. The van der Waals surface area contributed by atoms with Crippen LogP contribution in [0.2, 0.25) is 5.02 Å². The lowest BCUT2D eigenvalue weighted by Gasteiger charge is -2.04. The first kappa shape index (κ1) is 35.1. The van der Waals surface area contributed by atoms with Crippen molar-refractivity contribution in [3.8, 4) is 0 Å². The number of pyridine rings is 3. The second kappa shape index (κ2) is 21.3. The van der Waals surface area contributed by atoms with E-state index in [1.807, 2.05) is 67.5 Å². The molecule has 0 aliphatic rings. The molecule has 0 saturated carbocycles. The largest absolute Gasteiger partial charge is 0.417 e. The van der Waals surface area contributed by atoms with Crippen molar-refractivity contribution >= 4 is 11.6 Å². The molecule has 0 unspecified atom stereocenters. The Bertz CT molecular complexity index is 720. The number of hydrogen-bond acceptors (Lipinski definition) is 3. The first-order valence-corrected chi connectivity index (χ1v) is 11.1. The maximum atomic E-state index is 12.0. The van der Waals surface area contributed by atoms with Gasteiger partial charge < -0.3 is 0 Å². The molecule has 186 valence electrons. The average molecular weight is 490 g/mol. The van der Waals surface area contributed by atoms with Crippen LogP contribution in [0.4, 0.5) is 17.6 Å². The van der Waals surface area contributed by atoms with Crippen LogP contribution in [-0.4, -0.2) is 15.0 Å². The summed E-state index contributed by atoms with van der Waals surface area (Å²) >= 11 is 5.55.